The monoisotopic (exact) mass is 401 g/mol. The first-order valence-electron chi connectivity index (χ1n) is 9.04. The summed E-state index contributed by atoms with van der Waals surface area (Å²) in [6, 6.07) is 29.1. The molecule has 1 aromatic heterocycles. The van der Waals surface area contributed by atoms with Crippen LogP contribution in [0.25, 0.3) is 11.3 Å². The molecule has 1 N–H and O–H groups in total. The Bertz CT molecular complexity index is 1080. The van der Waals surface area contributed by atoms with E-state index in [1.807, 2.05) is 91.0 Å². The smallest absolute Gasteiger partial charge is 0.237 e. The fourth-order valence-electron chi connectivity index (χ4n) is 2.66. The van der Waals surface area contributed by atoms with E-state index in [0.717, 1.165) is 27.7 Å². The second kappa shape index (κ2) is 9.12. The fraction of sp³-hybridized carbons (Fsp3) is 0.0435. The van der Waals surface area contributed by atoms with Crippen LogP contribution in [0.15, 0.2) is 95.9 Å². The van der Waals surface area contributed by atoms with Crippen LogP contribution in [0.1, 0.15) is 0 Å². The van der Waals surface area contributed by atoms with Gasteiger partial charge in [0.25, 0.3) is 0 Å². The number of aromatic nitrogens is 2. The maximum absolute atomic E-state index is 5.95. The number of ether oxygens (including phenoxy) is 2. The van der Waals surface area contributed by atoms with Crippen molar-refractivity contribution in [2.45, 2.75) is 4.90 Å². The van der Waals surface area contributed by atoms with Crippen LogP contribution in [0.2, 0.25) is 0 Å². The summed E-state index contributed by atoms with van der Waals surface area (Å²) in [5.74, 6) is 2.45. The summed E-state index contributed by atoms with van der Waals surface area (Å²) in [5.41, 5.74) is 1.77. The Balaban J connectivity index is 1.62. The molecular formula is C23H19N3O2S. The van der Waals surface area contributed by atoms with Gasteiger partial charge in [0.05, 0.1) is 12.8 Å². The molecule has 0 unspecified atom stereocenters. The molecule has 3 aromatic carbocycles. The van der Waals surface area contributed by atoms with Crippen molar-refractivity contribution in [3.8, 4) is 28.6 Å². The van der Waals surface area contributed by atoms with Crippen LogP contribution in [0, 0.1) is 0 Å². The van der Waals surface area contributed by atoms with Crippen LogP contribution < -0.4 is 14.2 Å². The molecule has 144 valence electrons. The van der Waals surface area contributed by atoms with Crippen LogP contribution in [0.3, 0.4) is 0 Å². The predicted molar refractivity (Wildman–Crippen MR) is 116 cm³/mol. The first-order valence-corrected chi connectivity index (χ1v) is 9.86. The van der Waals surface area contributed by atoms with Crippen LogP contribution in [0.5, 0.6) is 17.4 Å². The highest BCUT2D eigenvalue weighted by atomic mass is 32.2. The van der Waals surface area contributed by atoms with E-state index in [-0.39, 0.29) is 0 Å². The number of hydrogen-bond donors (Lipinski definition) is 1. The van der Waals surface area contributed by atoms with Gasteiger partial charge in [-0.3, -0.25) is 4.72 Å². The van der Waals surface area contributed by atoms with Crippen molar-refractivity contribution in [2.75, 3.05) is 11.8 Å². The first-order chi connectivity index (χ1) is 14.3. The van der Waals surface area contributed by atoms with Crippen molar-refractivity contribution < 1.29 is 9.47 Å². The number of hydrogen-bond acceptors (Lipinski definition) is 6. The van der Waals surface area contributed by atoms with Crippen molar-refractivity contribution in [3.63, 3.8) is 0 Å². The van der Waals surface area contributed by atoms with Gasteiger partial charge in [0, 0.05) is 16.5 Å². The van der Waals surface area contributed by atoms with Gasteiger partial charge in [0.2, 0.25) is 11.8 Å². The molecule has 0 aliphatic carbocycles. The number of benzene rings is 3. The third kappa shape index (κ3) is 5.06. The maximum Gasteiger partial charge on any atom is 0.237 e. The Morgan fingerprint density at radius 2 is 1.48 bits per heavy atom. The Morgan fingerprint density at radius 1 is 0.759 bits per heavy atom. The highest BCUT2D eigenvalue weighted by molar-refractivity contribution is 8.00. The minimum Gasteiger partial charge on any atom is -0.497 e. The number of methoxy groups -OCH3 is 1. The quantitative estimate of drug-likeness (QED) is 0.380. The van der Waals surface area contributed by atoms with E-state index < -0.39 is 0 Å². The molecule has 0 aliphatic rings. The van der Waals surface area contributed by atoms with Crippen molar-refractivity contribution in [1.82, 2.24) is 9.97 Å². The topological polar surface area (TPSA) is 56.3 Å². The number of nitrogens with one attached hydrogen (secondary N) is 1. The molecule has 29 heavy (non-hydrogen) atoms. The number of anilines is 1. The molecule has 0 radical (unpaired) electrons. The third-order valence-corrected chi connectivity index (χ3v) is 4.81. The molecule has 0 saturated carbocycles. The molecule has 0 spiro atoms. The zero-order valence-corrected chi connectivity index (χ0v) is 16.6. The SMILES string of the molecule is COc1cccc(SNc2nc(Oc3ccccc3)cc(-c3ccccc3)n2)c1. The molecule has 0 fully saturated rings. The molecule has 0 saturated heterocycles. The van der Waals surface area contributed by atoms with Crippen molar-refractivity contribution in [2.24, 2.45) is 0 Å². The van der Waals surface area contributed by atoms with Gasteiger partial charge in [-0.2, -0.15) is 4.98 Å². The summed E-state index contributed by atoms with van der Waals surface area (Å²) in [4.78, 5) is 10.2. The Kier molecular flexibility index (Phi) is 5.92. The Hall–Kier alpha value is -3.51. The predicted octanol–water partition coefficient (Wildman–Crippen LogP) is 6.06. The van der Waals surface area contributed by atoms with Crippen LogP contribution >= 0.6 is 11.9 Å². The van der Waals surface area contributed by atoms with E-state index in [2.05, 4.69) is 14.7 Å². The summed E-state index contributed by atoms with van der Waals surface area (Å²) >= 11 is 1.41. The molecule has 5 nitrogen and oxygen atoms in total. The van der Waals surface area contributed by atoms with Crippen LogP contribution in [-0.4, -0.2) is 17.1 Å². The molecule has 4 rings (SSSR count). The summed E-state index contributed by atoms with van der Waals surface area (Å²) in [7, 11) is 1.65. The summed E-state index contributed by atoms with van der Waals surface area (Å²) in [6.45, 7) is 0. The van der Waals surface area contributed by atoms with Gasteiger partial charge in [-0.25, -0.2) is 4.98 Å². The third-order valence-electron chi connectivity index (χ3n) is 4.04. The van der Waals surface area contributed by atoms with Crippen molar-refractivity contribution >= 4 is 17.9 Å². The van der Waals surface area contributed by atoms with Crippen molar-refractivity contribution in [1.29, 1.82) is 0 Å². The van der Waals surface area contributed by atoms with Crippen molar-refractivity contribution in [3.05, 3.63) is 91.0 Å². The molecular weight excluding hydrogens is 382 g/mol. The molecule has 1 heterocycles. The normalized spacial score (nSPS) is 10.4. The maximum atomic E-state index is 5.95. The first kappa shape index (κ1) is 18.8. The fourth-order valence-corrected chi connectivity index (χ4v) is 3.28. The molecule has 0 aliphatic heterocycles. The van der Waals surface area contributed by atoms with Crippen LogP contribution in [-0.2, 0) is 0 Å². The second-order valence-electron chi connectivity index (χ2n) is 6.08. The lowest BCUT2D eigenvalue weighted by atomic mass is 10.1. The lowest BCUT2D eigenvalue weighted by Gasteiger charge is -2.11. The van der Waals surface area contributed by atoms with Gasteiger partial charge in [-0.15, -0.1) is 0 Å². The van der Waals surface area contributed by atoms with E-state index in [1.165, 1.54) is 11.9 Å². The summed E-state index contributed by atoms with van der Waals surface area (Å²) in [6.07, 6.45) is 0. The number of nitrogens with zero attached hydrogens (tertiary/aromatic N) is 2. The van der Waals surface area contributed by atoms with Crippen LogP contribution in [0.4, 0.5) is 5.95 Å². The van der Waals surface area contributed by atoms with E-state index in [4.69, 9.17) is 9.47 Å². The number of para-hydroxylation sites is 1. The van der Waals surface area contributed by atoms with E-state index >= 15 is 0 Å². The average molecular weight is 401 g/mol. The molecule has 0 bridgehead atoms. The zero-order chi connectivity index (χ0) is 19.9. The van der Waals surface area contributed by atoms with Gasteiger partial charge >= 0.3 is 0 Å². The minimum absolute atomic E-state index is 0.463. The largest absolute Gasteiger partial charge is 0.497 e. The zero-order valence-electron chi connectivity index (χ0n) is 15.8. The van der Waals surface area contributed by atoms with Gasteiger partial charge in [0.15, 0.2) is 0 Å². The van der Waals surface area contributed by atoms with Gasteiger partial charge in [-0.1, -0.05) is 54.6 Å². The summed E-state index contributed by atoms with van der Waals surface area (Å²) in [5, 5.41) is 0. The van der Waals surface area contributed by atoms with E-state index in [0.29, 0.717) is 11.8 Å². The molecule has 0 amide bonds. The number of rotatable bonds is 7. The standard InChI is InChI=1S/C23H19N3O2S/c1-27-19-13-8-14-20(15-19)29-26-23-24-21(17-9-4-2-5-10-17)16-22(25-23)28-18-11-6-3-7-12-18/h2-16H,1H3,(H,24,25,26). The van der Waals surface area contributed by atoms with Gasteiger partial charge in [-0.05, 0) is 42.3 Å². The molecule has 6 heteroatoms. The van der Waals surface area contributed by atoms with E-state index in [9.17, 15) is 0 Å². The highest BCUT2D eigenvalue weighted by Crippen LogP contribution is 2.28. The lowest BCUT2D eigenvalue weighted by molar-refractivity contribution is 0.413. The minimum atomic E-state index is 0.463. The Morgan fingerprint density at radius 3 is 2.24 bits per heavy atom. The van der Waals surface area contributed by atoms with Gasteiger partial charge in [0.1, 0.15) is 11.5 Å². The lowest BCUT2D eigenvalue weighted by Crippen LogP contribution is -1.99. The van der Waals surface area contributed by atoms with E-state index in [1.54, 1.807) is 7.11 Å². The molecule has 0 atom stereocenters. The second-order valence-corrected chi connectivity index (χ2v) is 6.96. The molecule has 4 aromatic rings. The highest BCUT2D eigenvalue weighted by Gasteiger charge is 2.09. The van der Waals surface area contributed by atoms with Gasteiger partial charge < -0.3 is 9.47 Å². The summed E-state index contributed by atoms with van der Waals surface area (Å²) < 4.78 is 14.4. The average Bonchev–Trinajstić information content (AvgIpc) is 2.79. The Labute approximate surface area is 173 Å².